The number of nitrogens with zero attached hydrogens (tertiary/aromatic N) is 1. The molecule has 74 valence electrons. The summed E-state index contributed by atoms with van der Waals surface area (Å²) in [5.74, 6) is 0. The number of halogens is 1. The molecule has 0 aliphatic carbocycles. The molecule has 0 fully saturated rings. The Labute approximate surface area is 86.4 Å². The second kappa shape index (κ2) is 6.01. The fraction of sp³-hybridized carbons (Fsp3) is 0.455. The minimum atomic E-state index is 0.655. The van der Waals surface area contributed by atoms with Crippen molar-refractivity contribution in [2.75, 3.05) is 19.6 Å². The Hall–Kier alpha value is -0.530. The van der Waals surface area contributed by atoms with Gasteiger partial charge in [-0.15, -0.1) is 0 Å². The second-order valence-electron chi connectivity index (χ2n) is 3.58. The summed E-state index contributed by atoms with van der Waals surface area (Å²) < 4.78 is 0. The van der Waals surface area contributed by atoms with Gasteiger partial charge in [-0.05, 0) is 13.8 Å². The van der Waals surface area contributed by atoms with E-state index in [1.807, 2.05) is 13.8 Å². The van der Waals surface area contributed by atoms with E-state index >= 15 is 0 Å². The van der Waals surface area contributed by atoms with Crippen LogP contribution in [0.15, 0.2) is 35.9 Å². The SMILES string of the molecule is C=C(C)CN(CC(=C)C)CC(=C)Cl. The molecular formula is C11H18ClN. The zero-order valence-corrected chi connectivity index (χ0v) is 9.32. The van der Waals surface area contributed by atoms with Gasteiger partial charge in [0.2, 0.25) is 0 Å². The third-order valence-corrected chi connectivity index (χ3v) is 1.50. The van der Waals surface area contributed by atoms with Crippen LogP contribution < -0.4 is 0 Å². The normalized spacial score (nSPS) is 10.2. The van der Waals surface area contributed by atoms with Crippen LogP contribution in [0.25, 0.3) is 0 Å². The van der Waals surface area contributed by atoms with Gasteiger partial charge in [0.05, 0.1) is 0 Å². The van der Waals surface area contributed by atoms with E-state index in [2.05, 4.69) is 24.6 Å². The standard InChI is InChI=1S/C11H18ClN/c1-9(2)6-13(7-10(3)4)8-11(5)12/h1,3,5-8H2,2,4H3. The van der Waals surface area contributed by atoms with Gasteiger partial charge in [-0.1, -0.05) is 42.5 Å². The summed E-state index contributed by atoms with van der Waals surface area (Å²) in [5.41, 5.74) is 2.25. The van der Waals surface area contributed by atoms with Gasteiger partial charge in [0.15, 0.2) is 0 Å². The lowest BCUT2D eigenvalue weighted by Gasteiger charge is -2.21. The lowest BCUT2D eigenvalue weighted by molar-refractivity contribution is 0.354. The fourth-order valence-corrected chi connectivity index (χ4v) is 1.34. The molecule has 0 saturated heterocycles. The lowest BCUT2D eigenvalue weighted by atomic mass is 10.2. The van der Waals surface area contributed by atoms with Gasteiger partial charge in [0.25, 0.3) is 0 Å². The van der Waals surface area contributed by atoms with Crippen LogP contribution in [-0.2, 0) is 0 Å². The van der Waals surface area contributed by atoms with Crippen molar-refractivity contribution in [3.05, 3.63) is 35.9 Å². The Kier molecular flexibility index (Phi) is 5.76. The molecular weight excluding hydrogens is 182 g/mol. The Morgan fingerprint density at radius 2 is 1.38 bits per heavy atom. The van der Waals surface area contributed by atoms with Crippen molar-refractivity contribution in [3.63, 3.8) is 0 Å². The minimum absolute atomic E-state index is 0.655. The third-order valence-electron chi connectivity index (χ3n) is 1.38. The first kappa shape index (κ1) is 12.5. The average Bonchev–Trinajstić information content (AvgIpc) is 1.80. The molecule has 0 bridgehead atoms. The van der Waals surface area contributed by atoms with Gasteiger partial charge in [0, 0.05) is 24.7 Å². The molecule has 1 nitrogen and oxygen atoms in total. The lowest BCUT2D eigenvalue weighted by Crippen LogP contribution is -2.28. The van der Waals surface area contributed by atoms with Crippen molar-refractivity contribution in [1.29, 1.82) is 0 Å². The minimum Gasteiger partial charge on any atom is -0.290 e. The number of hydrogen-bond acceptors (Lipinski definition) is 1. The highest BCUT2D eigenvalue weighted by atomic mass is 35.5. The molecule has 0 spiro atoms. The van der Waals surface area contributed by atoms with Crippen LogP contribution in [0.3, 0.4) is 0 Å². The molecule has 0 heterocycles. The molecule has 0 amide bonds. The van der Waals surface area contributed by atoms with E-state index in [1.54, 1.807) is 0 Å². The summed E-state index contributed by atoms with van der Waals surface area (Å²) in [5, 5.41) is 0.655. The summed E-state index contributed by atoms with van der Waals surface area (Å²) in [4.78, 5) is 2.17. The van der Waals surface area contributed by atoms with E-state index in [0.717, 1.165) is 24.2 Å². The number of rotatable bonds is 6. The van der Waals surface area contributed by atoms with Crippen LogP contribution >= 0.6 is 11.6 Å². The second-order valence-corrected chi connectivity index (χ2v) is 4.11. The molecule has 2 heteroatoms. The predicted molar refractivity (Wildman–Crippen MR) is 61.1 cm³/mol. The van der Waals surface area contributed by atoms with Gasteiger partial charge >= 0.3 is 0 Å². The maximum Gasteiger partial charge on any atom is 0.0342 e. The largest absolute Gasteiger partial charge is 0.290 e. The molecule has 0 atom stereocenters. The summed E-state index contributed by atoms with van der Waals surface area (Å²) in [6.45, 7) is 17.8. The highest BCUT2D eigenvalue weighted by Crippen LogP contribution is 2.06. The van der Waals surface area contributed by atoms with E-state index in [9.17, 15) is 0 Å². The Bertz CT molecular complexity index is 180. The highest BCUT2D eigenvalue weighted by Gasteiger charge is 2.05. The molecule has 0 aromatic rings. The summed E-state index contributed by atoms with van der Waals surface area (Å²) in [7, 11) is 0. The Morgan fingerprint density at radius 1 is 1.00 bits per heavy atom. The van der Waals surface area contributed by atoms with Crippen LogP contribution in [-0.4, -0.2) is 24.5 Å². The zero-order valence-electron chi connectivity index (χ0n) is 8.57. The zero-order chi connectivity index (χ0) is 10.4. The van der Waals surface area contributed by atoms with Gasteiger partial charge in [-0.3, -0.25) is 4.90 Å². The third kappa shape index (κ3) is 7.82. The predicted octanol–water partition coefficient (Wildman–Crippen LogP) is 3.19. The van der Waals surface area contributed by atoms with Crippen molar-refractivity contribution in [3.8, 4) is 0 Å². The summed E-state index contributed by atoms with van der Waals surface area (Å²) >= 11 is 5.74. The van der Waals surface area contributed by atoms with Crippen LogP contribution in [0.2, 0.25) is 0 Å². The first-order chi connectivity index (χ1) is 5.91. The van der Waals surface area contributed by atoms with Gasteiger partial charge in [0.1, 0.15) is 0 Å². The van der Waals surface area contributed by atoms with E-state index in [-0.39, 0.29) is 0 Å². The Morgan fingerprint density at radius 3 is 1.62 bits per heavy atom. The maximum atomic E-state index is 5.74. The quantitative estimate of drug-likeness (QED) is 0.594. The Balaban J connectivity index is 4.10. The van der Waals surface area contributed by atoms with Crippen LogP contribution in [0.1, 0.15) is 13.8 Å². The van der Waals surface area contributed by atoms with Gasteiger partial charge < -0.3 is 0 Å². The van der Waals surface area contributed by atoms with E-state index in [0.29, 0.717) is 11.6 Å². The fourth-order valence-electron chi connectivity index (χ4n) is 1.17. The topological polar surface area (TPSA) is 3.24 Å². The van der Waals surface area contributed by atoms with Crippen molar-refractivity contribution in [2.45, 2.75) is 13.8 Å². The van der Waals surface area contributed by atoms with Gasteiger partial charge in [-0.2, -0.15) is 0 Å². The average molecular weight is 200 g/mol. The molecule has 0 aliphatic heterocycles. The molecule has 0 N–H and O–H groups in total. The van der Waals surface area contributed by atoms with Crippen LogP contribution in [0.4, 0.5) is 0 Å². The first-order valence-electron chi connectivity index (χ1n) is 4.26. The van der Waals surface area contributed by atoms with E-state index < -0.39 is 0 Å². The van der Waals surface area contributed by atoms with Crippen molar-refractivity contribution < 1.29 is 0 Å². The molecule has 0 aromatic carbocycles. The van der Waals surface area contributed by atoms with Crippen LogP contribution in [0.5, 0.6) is 0 Å². The highest BCUT2D eigenvalue weighted by molar-refractivity contribution is 6.29. The maximum absolute atomic E-state index is 5.74. The van der Waals surface area contributed by atoms with E-state index in [4.69, 9.17) is 11.6 Å². The van der Waals surface area contributed by atoms with Gasteiger partial charge in [-0.25, -0.2) is 0 Å². The molecule has 0 rings (SSSR count). The molecule has 13 heavy (non-hydrogen) atoms. The van der Waals surface area contributed by atoms with Crippen molar-refractivity contribution >= 4 is 11.6 Å². The molecule has 0 unspecified atom stereocenters. The smallest absolute Gasteiger partial charge is 0.0342 e. The van der Waals surface area contributed by atoms with Crippen LogP contribution in [0, 0.1) is 0 Å². The summed E-state index contributed by atoms with van der Waals surface area (Å²) in [6.07, 6.45) is 0. The molecule has 0 aliphatic rings. The molecule has 0 aromatic heterocycles. The van der Waals surface area contributed by atoms with Crippen molar-refractivity contribution in [2.24, 2.45) is 0 Å². The molecule has 0 saturated carbocycles. The van der Waals surface area contributed by atoms with Crippen molar-refractivity contribution in [1.82, 2.24) is 4.90 Å². The summed E-state index contributed by atoms with van der Waals surface area (Å²) in [6, 6.07) is 0. The monoisotopic (exact) mass is 199 g/mol. The number of hydrogen-bond donors (Lipinski definition) is 0. The molecule has 0 radical (unpaired) electrons. The van der Waals surface area contributed by atoms with E-state index in [1.165, 1.54) is 0 Å². The first-order valence-corrected chi connectivity index (χ1v) is 4.64.